The van der Waals surface area contributed by atoms with E-state index < -0.39 is 5.97 Å². The summed E-state index contributed by atoms with van der Waals surface area (Å²) in [5, 5.41) is 0.744. The van der Waals surface area contributed by atoms with E-state index in [0.717, 1.165) is 10.9 Å². The van der Waals surface area contributed by atoms with Crippen molar-refractivity contribution >= 4 is 21.9 Å². The lowest BCUT2D eigenvalue weighted by molar-refractivity contribution is -0.138. The minimum atomic E-state index is -0.480. The maximum Gasteiger partial charge on any atom is 0.373 e. The van der Waals surface area contributed by atoms with Crippen LogP contribution in [0.4, 0.5) is 0 Å². The molecule has 4 heteroatoms. The van der Waals surface area contributed by atoms with Crippen LogP contribution < -0.4 is 4.74 Å². The van der Waals surface area contributed by atoms with Gasteiger partial charge in [0.25, 0.3) is 0 Å². The van der Waals surface area contributed by atoms with Crippen molar-refractivity contribution < 1.29 is 14.3 Å². The predicted molar refractivity (Wildman–Crippen MR) is 65.5 cm³/mol. The summed E-state index contributed by atoms with van der Waals surface area (Å²) >= 11 is 3.36. The first kappa shape index (κ1) is 12.8. The zero-order valence-electron chi connectivity index (χ0n) is 9.20. The molecule has 0 atom stereocenters. The highest BCUT2D eigenvalue weighted by atomic mass is 79.9. The smallest absolute Gasteiger partial charge is 0.373 e. The molecule has 16 heavy (non-hydrogen) atoms. The van der Waals surface area contributed by atoms with Crippen LogP contribution in [0.25, 0.3) is 0 Å². The lowest BCUT2D eigenvalue weighted by Gasteiger charge is -2.08. The predicted octanol–water partition coefficient (Wildman–Crippen LogP) is 3.04. The number of carbonyl (C=O) groups excluding carboxylic acids is 1. The van der Waals surface area contributed by atoms with Crippen molar-refractivity contribution in [2.24, 2.45) is 0 Å². The molecule has 0 saturated heterocycles. The normalized spacial score (nSPS) is 11.1. The summed E-state index contributed by atoms with van der Waals surface area (Å²) in [7, 11) is 1.32. The molecule has 0 unspecified atom stereocenters. The van der Waals surface area contributed by atoms with E-state index in [4.69, 9.17) is 4.74 Å². The summed E-state index contributed by atoms with van der Waals surface area (Å²) in [5.41, 5.74) is 1.08. The molecule has 0 bridgehead atoms. The molecular formula is C12H13BrO3. The average Bonchev–Trinajstić information content (AvgIpc) is 2.35. The number of halogens is 1. The second-order valence-electron chi connectivity index (χ2n) is 3.03. The highest BCUT2D eigenvalue weighted by molar-refractivity contribution is 9.08. The first-order valence-corrected chi connectivity index (χ1v) is 5.90. The molecule has 1 aromatic rings. The summed E-state index contributed by atoms with van der Waals surface area (Å²) in [6, 6.07) is 7.49. The molecule has 0 aliphatic rings. The number of methoxy groups -OCH3 is 1. The highest BCUT2D eigenvalue weighted by Gasteiger charge is 2.10. The van der Waals surface area contributed by atoms with E-state index in [1.54, 1.807) is 19.1 Å². The molecule has 1 aromatic carbocycles. The second kappa shape index (κ2) is 6.33. The Morgan fingerprint density at radius 3 is 2.81 bits per heavy atom. The van der Waals surface area contributed by atoms with Crippen LogP contribution in [-0.2, 0) is 14.9 Å². The highest BCUT2D eigenvalue weighted by Crippen LogP contribution is 2.18. The number of allylic oxidation sites excluding steroid dienone is 1. The number of hydrogen-bond acceptors (Lipinski definition) is 3. The third-order valence-corrected chi connectivity index (χ3v) is 2.58. The number of alkyl halides is 1. The van der Waals surface area contributed by atoms with Crippen molar-refractivity contribution in [3.63, 3.8) is 0 Å². The lowest BCUT2D eigenvalue weighted by atomic mass is 10.2. The Bertz CT molecular complexity index is 399. The molecule has 0 fully saturated rings. The molecule has 86 valence electrons. The molecule has 0 heterocycles. The number of esters is 1. The fourth-order valence-electron chi connectivity index (χ4n) is 1.14. The molecule has 0 spiro atoms. The van der Waals surface area contributed by atoms with Crippen molar-refractivity contribution in [1.29, 1.82) is 0 Å². The zero-order valence-corrected chi connectivity index (χ0v) is 10.8. The van der Waals surface area contributed by atoms with Crippen molar-refractivity contribution in [2.75, 3.05) is 7.11 Å². The topological polar surface area (TPSA) is 35.5 Å². The SMILES string of the molecule is CC=C(Oc1cccc(CBr)c1)C(=O)OC. The van der Waals surface area contributed by atoms with Gasteiger partial charge in [0, 0.05) is 5.33 Å². The molecule has 3 nitrogen and oxygen atoms in total. The van der Waals surface area contributed by atoms with E-state index >= 15 is 0 Å². The van der Waals surface area contributed by atoms with Crippen LogP contribution in [0.5, 0.6) is 5.75 Å². The van der Waals surface area contributed by atoms with Crippen molar-refractivity contribution in [1.82, 2.24) is 0 Å². The van der Waals surface area contributed by atoms with Gasteiger partial charge in [-0.3, -0.25) is 0 Å². The van der Waals surface area contributed by atoms with E-state index in [1.807, 2.05) is 18.2 Å². The van der Waals surface area contributed by atoms with Crippen LogP contribution in [0, 0.1) is 0 Å². The van der Waals surface area contributed by atoms with Gasteiger partial charge in [-0.25, -0.2) is 4.79 Å². The maximum atomic E-state index is 11.3. The number of carbonyl (C=O) groups is 1. The van der Waals surface area contributed by atoms with Crippen LogP contribution >= 0.6 is 15.9 Å². The van der Waals surface area contributed by atoms with Crippen LogP contribution in [0.15, 0.2) is 36.1 Å². The molecule has 1 rings (SSSR count). The lowest BCUT2D eigenvalue weighted by Crippen LogP contribution is -2.10. The molecule has 0 N–H and O–H groups in total. The molecule has 0 saturated carbocycles. The number of ether oxygens (including phenoxy) is 2. The average molecular weight is 285 g/mol. The van der Waals surface area contributed by atoms with Crippen molar-refractivity contribution in [3.05, 3.63) is 41.7 Å². The minimum absolute atomic E-state index is 0.189. The third kappa shape index (κ3) is 3.38. The van der Waals surface area contributed by atoms with Crippen LogP contribution in [-0.4, -0.2) is 13.1 Å². The van der Waals surface area contributed by atoms with Gasteiger partial charge in [0.1, 0.15) is 5.75 Å². The van der Waals surface area contributed by atoms with E-state index in [9.17, 15) is 4.79 Å². The fourth-order valence-corrected chi connectivity index (χ4v) is 1.49. The summed E-state index contributed by atoms with van der Waals surface area (Å²) in [6.07, 6.45) is 1.58. The Labute approximate surface area is 103 Å². The zero-order chi connectivity index (χ0) is 12.0. The summed E-state index contributed by atoms with van der Waals surface area (Å²) < 4.78 is 10.0. The summed E-state index contributed by atoms with van der Waals surface area (Å²) in [6.45, 7) is 1.72. The van der Waals surface area contributed by atoms with E-state index in [2.05, 4.69) is 20.7 Å². The van der Waals surface area contributed by atoms with Crippen molar-refractivity contribution in [3.8, 4) is 5.75 Å². The van der Waals surface area contributed by atoms with Crippen LogP contribution in [0.3, 0.4) is 0 Å². The second-order valence-corrected chi connectivity index (χ2v) is 3.59. The van der Waals surface area contributed by atoms with Gasteiger partial charge in [0.05, 0.1) is 7.11 Å². The van der Waals surface area contributed by atoms with Gasteiger partial charge in [0.2, 0.25) is 5.76 Å². The van der Waals surface area contributed by atoms with Gasteiger partial charge in [-0.15, -0.1) is 0 Å². The standard InChI is InChI=1S/C12H13BrO3/c1-3-11(12(14)15-2)16-10-6-4-5-9(7-10)8-13/h3-7H,8H2,1-2H3. The van der Waals surface area contributed by atoms with Gasteiger partial charge in [-0.05, 0) is 30.7 Å². The quantitative estimate of drug-likeness (QED) is 0.369. The van der Waals surface area contributed by atoms with Crippen LogP contribution in [0.1, 0.15) is 12.5 Å². The van der Waals surface area contributed by atoms with Gasteiger partial charge in [-0.1, -0.05) is 28.1 Å². The molecular weight excluding hydrogens is 272 g/mol. The third-order valence-electron chi connectivity index (χ3n) is 1.93. The Morgan fingerprint density at radius 1 is 1.50 bits per heavy atom. The molecule has 0 aliphatic carbocycles. The first-order chi connectivity index (χ1) is 7.71. The largest absolute Gasteiger partial charge is 0.463 e. The summed E-state index contributed by atoms with van der Waals surface area (Å²) in [5.74, 6) is 0.330. The Kier molecular flexibility index (Phi) is 5.05. The van der Waals surface area contributed by atoms with E-state index in [1.165, 1.54) is 7.11 Å². The maximum absolute atomic E-state index is 11.3. The van der Waals surface area contributed by atoms with Gasteiger partial charge in [-0.2, -0.15) is 0 Å². The number of rotatable bonds is 4. The number of benzene rings is 1. The molecule has 0 amide bonds. The molecule has 0 radical (unpaired) electrons. The monoisotopic (exact) mass is 284 g/mol. The van der Waals surface area contributed by atoms with E-state index in [0.29, 0.717) is 5.75 Å². The van der Waals surface area contributed by atoms with E-state index in [-0.39, 0.29) is 5.76 Å². The summed E-state index contributed by atoms with van der Waals surface area (Å²) in [4.78, 5) is 11.3. The first-order valence-electron chi connectivity index (χ1n) is 4.78. The molecule has 0 aliphatic heterocycles. The Hall–Kier alpha value is -1.29. The molecule has 0 aromatic heterocycles. The fraction of sp³-hybridized carbons (Fsp3) is 0.250. The van der Waals surface area contributed by atoms with Crippen LogP contribution in [0.2, 0.25) is 0 Å². The van der Waals surface area contributed by atoms with Gasteiger partial charge >= 0.3 is 5.97 Å². The minimum Gasteiger partial charge on any atom is -0.463 e. The van der Waals surface area contributed by atoms with Gasteiger partial charge < -0.3 is 9.47 Å². The Morgan fingerprint density at radius 2 is 2.25 bits per heavy atom. The Balaban J connectivity index is 2.82. The number of hydrogen-bond donors (Lipinski definition) is 0. The van der Waals surface area contributed by atoms with Crippen molar-refractivity contribution in [2.45, 2.75) is 12.3 Å². The van der Waals surface area contributed by atoms with Gasteiger partial charge in [0.15, 0.2) is 0 Å².